The van der Waals surface area contributed by atoms with Gasteiger partial charge >= 0.3 is 0 Å². The van der Waals surface area contributed by atoms with Crippen LogP contribution >= 0.6 is 11.8 Å². The number of hydrogen-bond acceptors (Lipinski definition) is 2. The van der Waals surface area contributed by atoms with E-state index >= 15 is 0 Å². The van der Waals surface area contributed by atoms with E-state index in [-0.39, 0.29) is 10.2 Å². The lowest BCUT2D eigenvalue weighted by molar-refractivity contribution is 0.588. The molecule has 1 aliphatic rings. The van der Waals surface area contributed by atoms with Gasteiger partial charge in [0.2, 0.25) is 13.7 Å². The summed E-state index contributed by atoms with van der Waals surface area (Å²) in [5, 5.41) is 0.518. The van der Waals surface area contributed by atoms with Gasteiger partial charge in [-0.1, -0.05) is 71.1 Å². The Bertz CT molecular complexity index is 660. The average Bonchev–Trinajstić information content (AvgIpc) is 2.82. The molecule has 1 unspecified atom stereocenters. The first-order valence-corrected chi connectivity index (χ1v) is 10.5. The topological polar surface area (TPSA) is 3.24 Å². The molecule has 1 heterocycles. The van der Waals surface area contributed by atoms with Crippen LogP contribution in [0.5, 0.6) is 0 Å². The number of nitrogens with zero attached hydrogens (tertiary/aromatic N) is 1. The van der Waals surface area contributed by atoms with Gasteiger partial charge in [-0.2, -0.15) is 0 Å². The SMILES string of the molecule is C/C=C(/C)B(C)N(C)B(C)C1SC(C)(C)c2ccc(C(C)(C)C)cc21. The van der Waals surface area contributed by atoms with E-state index < -0.39 is 0 Å². The molecule has 0 spiro atoms. The van der Waals surface area contributed by atoms with E-state index in [0.717, 1.165) is 0 Å². The van der Waals surface area contributed by atoms with Crippen LogP contribution in [0.25, 0.3) is 0 Å². The molecular formula is C21H35B2NS. The van der Waals surface area contributed by atoms with Crippen molar-refractivity contribution in [2.24, 2.45) is 0 Å². The molecule has 0 N–H and O–H groups in total. The van der Waals surface area contributed by atoms with Crippen LogP contribution in [0, 0.1) is 0 Å². The van der Waals surface area contributed by atoms with Crippen LogP contribution in [0.15, 0.2) is 29.7 Å². The van der Waals surface area contributed by atoms with E-state index in [2.05, 4.69) is 110 Å². The van der Waals surface area contributed by atoms with Gasteiger partial charge in [0.1, 0.15) is 0 Å². The maximum Gasteiger partial charge on any atom is 0.238 e. The molecule has 1 aliphatic heterocycles. The molecule has 25 heavy (non-hydrogen) atoms. The molecule has 0 saturated heterocycles. The van der Waals surface area contributed by atoms with Crippen LogP contribution in [-0.4, -0.2) is 25.5 Å². The number of rotatable bonds is 4. The number of hydrogen-bond donors (Lipinski definition) is 0. The second kappa shape index (κ2) is 7.19. The molecule has 1 nitrogen and oxygen atoms in total. The second-order valence-electron chi connectivity index (χ2n) is 9.22. The Morgan fingerprint density at radius 1 is 1.24 bits per heavy atom. The van der Waals surface area contributed by atoms with Crippen molar-refractivity contribution in [2.75, 3.05) is 7.05 Å². The maximum absolute atomic E-state index is 2.54. The molecule has 0 amide bonds. The predicted octanol–water partition coefficient (Wildman–Crippen LogP) is 6.23. The summed E-state index contributed by atoms with van der Waals surface area (Å²) >= 11 is 2.13. The van der Waals surface area contributed by atoms with E-state index in [4.69, 9.17) is 0 Å². The molecule has 1 aromatic carbocycles. The fourth-order valence-electron chi connectivity index (χ4n) is 3.74. The lowest BCUT2D eigenvalue weighted by Gasteiger charge is -2.32. The molecule has 0 aliphatic carbocycles. The Morgan fingerprint density at radius 3 is 2.36 bits per heavy atom. The minimum absolute atomic E-state index is 0.185. The smallest absolute Gasteiger partial charge is 0.238 e. The first kappa shape index (κ1) is 20.7. The molecular weight excluding hydrogens is 320 g/mol. The molecule has 0 fully saturated rings. The van der Waals surface area contributed by atoms with Crippen LogP contribution in [0.2, 0.25) is 13.6 Å². The summed E-state index contributed by atoms with van der Waals surface area (Å²) in [4.78, 5) is 0. The average molecular weight is 355 g/mol. The van der Waals surface area contributed by atoms with E-state index in [1.807, 2.05) is 0 Å². The highest BCUT2D eigenvalue weighted by molar-refractivity contribution is 8.02. The molecule has 0 radical (unpaired) electrons. The highest BCUT2D eigenvalue weighted by Crippen LogP contribution is 2.56. The van der Waals surface area contributed by atoms with E-state index in [1.54, 1.807) is 5.56 Å². The van der Waals surface area contributed by atoms with Crippen molar-refractivity contribution in [1.29, 1.82) is 0 Å². The highest BCUT2D eigenvalue weighted by atomic mass is 32.2. The predicted molar refractivity (Wildman–Crippen MR) is 119 cm³/mol. The molecule has 0 aromatic heterocycles. The Balaban J connectivity index is 2.42. The molecule has 1 aromatic rings. The van der Waals surface area contributed by atoms with Crippen molar-refractivity contribution in [3.8, 4) is 0 Å². The van der Waals surface area contributed by atoms with Gasteiger partial charge in [-0.3, -0.25) is 0 Å². The summed E-state index contributed by atoms with van der Waals surface area (Å²) in [5.41, 5.74) is 6.15. The monoisotopic (exact) mass is 355 g/mol. The zero-order chi connectivity index (χ0) is 19.2. The zero-order valence-corrected chi connectivity index (χ0v) is 18.7. The lowest BCUT2D eigenvalue weighted by atomic mass is 9.44. The summed E-state index contributed by atoms with van der Waals surface area (Å²) in [6.45, 7) is 21.7. The van der Waals surface area contributed by atoms with Gasteiger partial charge in [-0.15, -0.1) is 11.8 Å². The normalized spacial score (nSPS) is 20.0. The van der Waals surface area contributed by atoms with Crippen molar-refractivity contribution in [1.82, 2.24) is 4.72 Å². The number of allylic oxidation sites excluding steroid dienone is 2. The maximum atomic E-state index is 2.54. The third kappa shape index (κ3) is 4.06. The fourth-order valence-corrected chi connectivity index (χ4v) is 5.40. The molecule has 1 atom stereocenters. The van der Waals surface area contributed by atoms with Gasteiger partial charge in [0.15, 0.2) is 0 Å². The van der Waals surface area contributed by atoms with Gasteiger partial charge in [0.25, 0.3) is 0 Å². The second-order valence-corrected chi connectivity index (χ2v) is 11.0. The minimum atomic E-state index is 0.185. The summed E-state index contributed by atoms with van der Waals surface area (Å²) < 4.78 is 2.73. The van der Waals surface area contributed by atoms with Crippen LogP contribution in [0.4, 0.5) is 0 Å². The van der Waals surface area contributed by atoms with Gasteiger partial charge in [-0.05, 0) is 49.9 Å². The van der Waals surface area contributed by atoms with E-state index in [1.165, 1.54) is 16.6 Å². The quantitative estimate of drug-likeness (QED) is 0.590. The molecule has 4 heteroatoms. The van der Waals surface area contributed by atoms with Crippen molar-refractivity contribution >= 4 is 25.5 Å². The molecule has 0 bridgehead atoms. The van der Waals surface area contributed by atoms with Crippen LogP contribution in [-0.2, 0) is 10.2 Å². The standard InChI is InChI=1S/C21H35B2NS/c1-11-15(2)22(8)24(10)23(9)19-17-14-16(20(3,4)5)12-13-18(17)21(6,7)25-19/h11-14,19H,1-10H3/b15-11-. The van der Waals surface area contributed by atoms with E-state index in [0.29, 0.717) is 18.8 Å². The van der Waals surface area contributed by atoms with Crippen LogP contribution in [0.1, 0.15) is 70.3 Å². The van der Waals surface area contributed by atoms with Crippen molar-refractivity contribution in [3.05, 3.63) is 46.4 Å². The van der Waals surface area contributed by atoms with Crippen molar-refractivity contribution in [2.45, 2.75) is 77.4 Å². The van der Waals surface area contributed by atoms with Crippen molar-refractivity contribution in [3.63, 3.8) is 0 Å². The lowest BCUT2D eigenvalue weighted by Crippen LogP contribution is -2.46. The molecule has 2 rings (SSSR count). The van der Waals surface area contributed by atoms with Gasteiger partial charge in [-0.25, -0.2) is 0 Å². The third-order valence-electron chi connectivity index (χ3n) is 6.10. The largest absolute Gasteiger partial charge is 0.382 e. The number of thioether (sulfide) groups is 1. The van der Waals surface area contributed by atoms with Crippen molar-refractivity contribution < 1.29 is 0 Å². The van der Waals surface area contributed by atoms with Crippen LogP contribution in [0.3, 0.4) is 0 Å². The first-order chi connectivity index (χ1) is 11.4. The minimum Gasteiger partial charge on any atom is -0.382 e. The summed E-state index contributed by atoms with van der Waals surface area (Å²) in [7, 11) is 2.28. The zero-order valence-electron chi connectivity index (χ0n) is 17.9. The van der Waals surface area contributed by atoms with Crippen LogP contribution < -0.4 is 0 Å². The first-order valence-electron chi connectivity index (χ1n) is 9.57. The van der Waals surface area contributed by atoms with Gasteiger partial charge < -0.3 is 4.72 Å². The van der Waals surface area contributed by atoms with E-state index in [9.17, 15) is 0 Å². The Morgan fingerprint density at radius 2 is 1.84 bits per heavy atom. The summed E-state index contributed by atoms with van der Waals surface area (Å²) in [5.74, 6) is 0. The number of benzene rings is 1. The Hall–Kier alpha value is -0.600. The molecule has 136 valence electrons. The van der Waals surface area contributed by atoms with Gasteiger partial charge in [0.05, 0.1) is 0 Å². The summed E-state index contributed by atoms with van der Waals surface area (Å²) in [6, 6.07) is 7.21. The third-order valence-corrected chi connectivity index (χ3v) is 7.81. The molecule has 0 saturated carbocycles. The Kier molecular flexibility index (Phi) is 5.96. The summed E-state index contributed by atoms with van der Waals surface area (Å²) in [6.07, 6.45) is 2.24. The highest BCUT2D eigenvalue weighted by Gasteiger charge is 2.43. The fraction of sp³-hybridized carbons (Fsp3) is 0.619. The Labute approximate surface area is 161 Å². The number of fused-ring (bicyclic) bond motifs is 1. The van der Waals surface area contributed by atoms with Gasteiger partial charge in [0, 0.05) is 9.90 Å².